The van der Waals surface area contributed by atoms with Crippen molar-refractivity contribution in [2.45, 2.75) is 13.1 Å². The van der Waals surface area contributed by atoms with E-state index in [0.717, 1.165) is 50.5 Å². The van der Waals surface area contributed by atoms with Crippen LogP contribution >= 0.6 is 0 Å². The zero-order valence-electron chi connectivity index (χ0n) is 15.8. The van der Waals surface area contributed by atoms with Crippen LogP contribution in [-0.2, 0) is 13.1 Å². The average Bonchev–Trinajstić information content (AvgIpc) is 2.75. The van der Waals surface area contributed by atoms with E-state index in [0.29, 0.717) is 6.54 Å². The molecule has 1 aliphatic heterocycles. The first kappa shape index (κ1) is 18.5. The SMILES string of the molecule is O=c1ccc(-c2ccncc2)nn1CCN1CCN(Cc2cccnc2)CC1. The van der Waals surface area contributed by atoms with Gasteiger partial charge in [-0.2, -0.15) is 5.10 Å². The molecule has 3 aromatic heterocycles. The van der Waals surface area contributed by atoms with Gasteiger partial charge in [0.1, 0.15) is 0 Å². The Kier molecular flexibility index (Phi) is 5.84. The number of nitrogens with zero attached hydrogens (tertiary/aromatic N) is 6. The van der Waals surface area contributed by atoms with Crippen molar-refractivity contribution in [3.05, 3.63) is 77.1 Å². The molecule has 0 aromatic carbocycles. The van der Waals surface area contributed by atoms with Crippen LogP contribution in [0.5, 0.6) is 0 Å². The Hall–Kier alpha value is -2.90. The molecule has 1 saturated heterocycles. The lowest BCUT2D eigenvalue weighted by Crippen LogP contribution is -2.47. The molecule has 1 aliphatic rings. The van der Waals surface area contributed by atoms with Gasteiger partial charge in [0.2, 0.25) is 0 Å². The van der Waals surface area contributed by atoms with Crippen LogP contribution in [0.1, 0.15) is 5.56 Å². The van der Waals surface area contributed by atoms with Crippen molar-refractivity contribution in [3.63, 3.8) is 0 Å². The van der Waals surface area contributed by atoms with Crippen molar-refractivity contribution in [1.29, 1.82) is 0 Å². The summed E-state index contributed by atoms with van der Waals surface area (Å²) in [5, 5.41) is 4.53. The van der Waals surface area contributed by atoms with Crippen LogP contribution in [0, 0.1) is 0 Å². The van der Waals surface area contributed by atoms with Crippen molar-refractivity contribution in [1.82, 2.24) is 29.5 Å². The zero-order valence-corrected chi connectivity index (χ0v) is 15.8. The molecule has 7 heteroatoms. The van der Waals surface area contributed by atoms with E-state index in [4.69, 9.17) is 0 Å². The number of aromatic nitrogens is 4. The third-order valence-corrected chi connectivity index (χ3v) is 5.06. The Morgan fingerprint density at radius 2 is 1.61 bits per heavy atom. The number of rotatable bonds is 6. The summed E-state index contributed by atoms with van der Waals surface area (Å²) in [5.74, 6) is 0. The molecule has 0 spiro atoms. The van der Waals surface area contributed by atoms with E-state index in [1.165, 1.54) is 5.56 Å². The summed E-state index contributed by atoms with van der Waals surface area (Å²) in [5.41, 5.74) is 2.95. The Morgan fingerprint density at radius 1 is 0.821 bits per heavy atom. The lowest BCUT2D eigenvalue weighted by Gasteiger charge is -2.34. The number of hydrogen-bond acceptors (Lipinski definition) is 6. The molecular formula is C21H24N6O. The first-order valence-corrected chi connectivity index (χ1v) is 9.60. The van der Waals surface area contributed by atoms with Crippen LogP contribution in [0.4, 0.5) is 0 Å². The molecule has 0 N–H and O–H groups in total. The summed E-state index contributed by atoms with van der Waals surface area (Å²) in [6.07, 6.45) is 7.20. The summed E-state index contributed by atoms with van der Waals surface area (Å²) in [6, 6.07) is 11.3. The maximum Gasteiger partial charge on any atom is 0.266 e. The van der Waals surface area contributed by atoms with Gasteiger partial charge in [0.05, 0.1) is 12.2 Å². The van der Waals surface area contributed by atoms with Crippen LogP contribution in [0.3, 0.4) is 0 Å². The summed E-state index contributed by atoms with van der Waals surface area (Å²) in [7, 11) is 0. The maximum absolute atomic E-state index is 12.2. The van der Waals surface area contributed by atoms with Crippen molar-refractivity contribution >= 4 is 0 Å². The second-order valence-corrected chi connectivity index (χ2v) is 6.99. The molecule has 4 rings (SSSR count). The van der Waals surface area contributed by atoms with Crippen molar-refractivity contribution in [3.8, 4) is 11.3 Å². The number of pyridine rings is 2. The van der Waals surface area contributed by atoms with Gasteiger partial charge in [-0.1, -0.05) is 6.07 Å². The predicted molar refractivity (Wildman–Crippen MR) is 108 cm³/mol. The second-order valence-electron chi connectivity index (χ2n) is 6.99. The molecule has 4 heterocycles. The van der Waals surface area contributed by atoms with Gasteiger partial charge >= 0.3 is 0 Å². The molecule has 3 aromatic rings. The fourth-order valence-corrected chi connectivity index (χ4v) is 3.44. The monoisotopic (exact) mass is 376 g/mol. The summed E-state index contributed by atoms with van der Waals surface area (Å²) < 4.78 is 1.57. The van der Waals surface area contributed by atoms with E-state index >= 15 is 0 Å². The van der Waals surface area contributed by atoms with Crippen molar-refractivity contribution in [2.24, 2.45) is 0 Å². The van der Waals surface area contributed by atoms with Gasteiger partial charge in [0.15, 0.2) is 0 Å². The van der Waals surface area contributed by atoms with Crippen molar-refractivity contribution in [2.75, 3.05) is 32.7 Å². The Bertz CT molecular complexity index is 936. The molecule has 0 atom stereocenters. The quantitative estimate of drug-likeness (QED) is 0.650. The molecule has 0 radical (unpaired) electrons. The molecular weight excluding hydrogens is 352 g/mol. The van der Waals surface area contributed by atoms with Crippen LogP contribution in [0.2, 0.25) is 0 Å². The fraction of sp³-hybridized carbons (Fsp3) is 0.333. The zero-order chi connectivity index (χ0) is 19.2. The Morgan fingerprint density at radius 3 is 2.36 bits per heavy atom. The normalized spacial score (nSPS) is 15.6. The standard InChI is InChI=1S/C21H24N6O/c28-21-4-3-20(19-5-8-22-9-6-19)24-27(21)15-14-25-10-12-26(13-11-25)17-18-2-1-7-23-16-18/h1-9,16H,10-15,17H2. The fourth-order valence-electron chi connectivity index (χ4n) is 3.44. The minimum Gasteiger partial charge on any atom is -0.299 e. The smallest absolute Gasteiger partial charge is 0.266 e. The first-order valence-electron chi connectivity index (χ1n) is 9.60. The van der Waals surface area contributed by atoms with Gasteiger partial charge in [0, 0.05) is 75.7 Å². The molecule has 0 saturated carbocycles. The average molecular weight is 376 g/mol. The van der Waals surface area contributed by atoms with Gasteiger partial charge < -0.3 is 0 Å². The van der Waals surface area contributed by atoms with Gasteiger partial charge in [-0.05, 0) is 29.8 Å². The third-order valence-electron chi connectivity index (χ3n) is 5.06. The van der Waals surface area contributed by atoms with E-state index < -0.39 is 0 Å². The summed E-state index contributed by atoms with van der Waals surface area (Å²) >= 11 is 0. The Labute approximate surface area is 164 Å². The van der Waals surface area contributed by atoms with Crippen LogP contribution in [0.25, 0.3) is 11.3 Å². The molecule has 0 aliphatic carbocycles. The minimum absolute atomic E-state index is 0.0620. The molecule has 0 unspecified atom stereocenters. The molecule has 1 fully saturated rings. The molecule has 0 bridgehead atoms. The number of piperazine rings is 1. The van der Waals surface area contributed by atoms with E-state index in [1.54, 1.807) is 35.4 Å². The van der Waals surface area contributed by atoms with Crippen LogP contribution in [0.15, 0.2) is 66.0 Å². The van der Waals surface area contributed by atoms with Gasteiger partial charge in [-0.15, -0.1) is 0 Å². The highest BCUT2D eigenvalue weighted by atomic mass is 16.1. The maximum atomic E-state index is 12.2. The van der Waals surface area contributed by atoms with Crippen LogP contribution < -0.4 is 5.56 Å². The van der Waals surface area contributed by atoms with E-state index in [-0.39, 0.29) is 5.56 Å². The van der Waals surface area contributed by atoms with Gasteiger partial charge in [0.25, 0.3) is 5.56 Å². The summed E-state index contributed by atoms with van der Waals surface area (Å²) in [6.45, 7) is 6.41. The highest BCUT2D eigenvalue weighted by Crippen LogP contribution is 2.13. The van der Waals surface area contributed by atoms with Crippen LogP contribution in [-0.4, -0.2) is 62.3 Å². The van der Waals surface area contributed by atoms with Gasteiger partial charge in [-0.3, -0.25) is 24.6 Å². The molecule has 144 valence electrons. The number of hydrogen-bond donors (Lipinski definition) is 0. The van der Waals surface area contributed by atoms with E-state index in [2.05, 4.69) is 30.9 Å². The highest BCUT2D eigenvalue weighted by Gasteiger charge is 2.17. The lowest BCUT2D eigenvalue weighted by molar-refractivity contribution is 0.122. The minimum atomic E-state index is -0.0620. The van der Waals surface area contributed by atoms with Crippen molar-refractivity contribution < 1.29 is 0 Å². The summed E-state index contributed by atoms with van der Waals surface area (Å²) in [4.78, 5) is 25.2. The largest absolute Gasteiger partial charge is 0.299 e. The Balaban J connectivity index is 1.31. The molecule has 28 heavy (non-hydrogen) atoms. The lowest BCUT2D eigenvalue weighted by atomic mass is 10.2. The van der Waals surface area contributed by atoms with Gasteiger partial charge in [-0.25, -0.2) is 4.68 Å². The van der Waals surface area contributed by atoms with E-state index in [1.807, 2.05) is 24.4 Å². The second kappa shape index (κ2) is 8.86. The third kappa shape index (κ3) is 4.68. The molecule has 0 amide bonds. The highest BCUT2D eigenvalue weighted by molar-refractivity contribution is 5.56. The first-order chi connectivity index (χ1) is 13.8. The molecule has 7 nitrogen and oxygen atoms in total. The van der Waals surface area contributed by atoms with E-state index in [9.17, 15) is 4.79 Å². The topological polar surface area (TPSA) is 67.2 Å². The predicted octanol–water partition coefficient (Wildman–Crippen LogP) is 1.52.